The van der Waals surface area contributed by atoms with Gasteiger partial charge in [0.1, 0.15) is 6.07 Å². The Morgan fingerprint density at radius 1 is 1.13 bits per heavy atom. The molecular weight excluding hydrogens is 454 g/mol. The summed E-state index contributed by atoms with van der Waals surface area (Å²) in [7, 11) is -3.99. The van der Waals surface area contributed by atoms with Gasteiger partial charge in [0.2, 0.25) is 9.84 Å². The van der Waals surface area contributed by atoms with Crippen LogP contribution in [0.4, 0.5) is 5.13 Å². The zero-order chi connectivity index (χ0) is 21.8. The highest BCUT2D eigenvalue weighted by Crippen LogP contribution is 2.36. The molecule has 1 fully saturated rings. The lowest BCUT2D eigenvalue weighted by Crippen LogP contribution is -2.36. The Labute approximate surface area is 189 Å². The molecule has 0 unspecified atom stereocenters. The summed E-state index contributed by atoms with van der Waals surface area (Å²) >= 11 is 7.24. The number of aromatic nitrogens is 1. The molecule has 1 aromatic heterocycles. The summed E-state index contributed by atoms with van der Waals surface area (Å²) in [6, 6.07) is 17.1. The second-order valence-corrected chi connectivity index (χ2v) is 10.1. The quantitative estimate of drug-likeness (QED) is 0.504. The normalized spacial score (nSPS) is 15.0. The predicted molar refractivity (Wildman–Crippen MR) is 123 cm³/mol. The van der Waals surface area contributed by atoms with Crippen LogP contribution in [0.3, 0.4) is 0 Å². The molecule has 0 aliphatic carbocycles. The molecule has 1 saturated heterocycles. The molecule has 9 heteroatoms. The zero-order valence-corrected chi connectivity index (χ0v) is 18.8. The minimum atomic E-state index is -3.99. The van der Waals surface area contributed by atoms with E-state index < -0.39 is 9.84 Å². The van der Waals surface area contributed by atoms with Gasteiger partial charge >= 0.3 is 0 Å². The van der Waals surface area contributed by atoms with Crippen LogP contribution >= 0.6 is 22.9 Å². The van der Waals surface area contributed by atoms with Gasteiger partial charge in [-0.2, -0.15) is 5.26 Å². The largest absolute Gasteiger partial charge is 0.378 e. The molecule has 158 valence electrons. The van der Waals surface area contributed by atoms with Gasteiger partial charge in [-0.3, -0.25) is 0 Å². The SMILES string of the molecule is N#C/C(=C/c1sc(N2CCOCC2)nc1-c1ccccc1)S(=O)(=O)c1ccc(Cl)cc1. The van der Waals surface area contributed by atoms with Crippen molar-refractivity contribution in [1.82, 2.24) is 4.98 Å². The molecule has 3 aromatic rings. The number of nitriles is 1. The molecule has 0 atom stereocenters. The van der Waals surface area contributed by atoms with Gasteiger partial charge in [-0.15, -0.1) is 0 Å². The number of hydrogen-bond donors (Lipinski definition) is 0. The van der Waals surface area contributed by atoms with Crippen molar-refractivity contribution in [2.45, 2.75) is 4.90 Å². The Kier molecular flexibility index (Phi) is 6.39. The lowest BCUT2D eigenvalue weighted by atomic mass is 10.1. The molecule has 6 nitrogen and oxygen atoms in total. The van der Waals surface area contributed by atoms with Crippen LogP contribution in [0.15, 0.2) is 64.4 Å². The summed E-state index contributed by atoms with van der Waals surface area (Å²) in [5.74, 6) is 0. The molecule has 1 aliphatic heterocycles. The van der Waals surface area contributed by atoms with Crippen LogP contribution < -0.4 is 4.90 Å². The summed E-state index contributed by atoms with van der Waals surface area (Å²) in [6.45, 7) is 2.64. The van der Waals surface area contributed by atoms with Crippen LogP contribution in [-0.4, -0.2) is 39.7 Å². The highest BCUT2D eigenvalue weighted by molar-refractivity contribution is 7.95. The highest BCUT2D eigenvalue weighted by atomic mass is 35.5. The van der Waals surface area contributed by atoms with Crippen LogP contribution in [0.2, 0.25) is 5.02 Å². The summed E-state index contributed by atoms with van der Waals surface area (Å²) in [5, 5.41) is 10.9. The van der Waals surface area contributed by atoms with Gasteiger partial charge in [0, 0.05) is 23.7 Å². The first kappa shape index (κ1) is 21.5. The molecule has 2 aromatic carbocycles. The van der Waals surface area contributed by atoms with Crippen molar-refractivity contribution in [1.29, 1.82) is 5.26 Å². The Balaban J connectivity index is 1.81. The smallest absolute Gasteiger partial charge is 0.216 e. The van der Waals surface area contributed by atoms with Crippen molar-refractivity contribution in [3.05, 3.63) is 69.4 Å². The minimum Gasteiger partial charge on any atom is -0.378 e. The van der Waals surface area contributed by atoms with Crippen LogP contribution in [0, 0.1) is 11.3 Å². The molecule has 0 N–H and O–H groups in total. The first-order chi connectivity index (χ1) is 15.0. The number of allylic oxidation sites excluding steroid dienone is 1. The van der Waals surface area contributed by atoms with E-state index in [4.69, 9.17) is 21.3 Å². The second-order valence-electron chi connectivity index (χ2n) is 6.75. The molecule has 0 saturated carbocycles. The fourth-order valence-corrected chi connectivity index (χ4v) is 5.56. The summed E-state index contributed by atoms with van der Waals surface area (Å²) in [6.07, 6.45) is 1.41. The van der Waals surface area contributed by atoms with Gasteiger partial charge in [-0.25, -0.2) is 13.4 Å². The van der Waals surface area contributed by atoms with Crippen LogP contribution in [0.1, 0.15) is 4.88 Å². The lowest BCUT2D eigenvalue weighted by Gasteiger charge is -2.26. The van der Waals surface area contributed by atoms with Crippen molar-refractivity contribution in [2.75, 3.05) is 31.2 Å². The van der Waals surface area contributed by atoms with E-state index in [0.29, 0.717) is 41.9 Å². The van der Waals surface area contributed by atoms with Gasteiger partial charge in [-0.1, -0.05) is 53.3 Å². The van der Waals surface area contributed by atoms with Gasteiger partial charge in [0.05, 0.1) is 28.7 Å². The number of nitrogens with zero attached hydrogens (tertiary/aromatic N) is 3. The number of thiazole rings is 1. The van der Waals surface area contributed by atoms with E-state index in [2.05, 4.69) is 4.90 Å². The van der Waals surface area contributed by atoms with Crippen molar-refractivity contribution >= 4 is 44.0 Å². The maximum atomic E-state index is 13.1. The third kappa shape index (κ3) is 4.65. The zero-order valence-electron chi connectivity index (χ0n) is 16.4. The molecule has 0 amide bonds. The summed E-state index contributed by atoms with van der Waals surface area (Å²) in [5.41, 5.74) is 1.50. The van der Waals surface area contributed by atoms with Crippen LogP contribution in [-0.2, 0) is 14.6 Å². The van der Waals surface area contributed by atoms with E-state index in [0.717, 1.165) is 10.7 Å². The van der Waals surface area contributed by atoms with E-state index in [1.807, 2.05) is 36.4 Å². The van der Waals surface area contributed by atoms with E-state index >= 15 is 0 Å². The molecule has 0 radical (unpaired) electrons. The highest BCUT2D eigenvalue weighted by Gasteiger charge is 2.24. The molecular formula is C22H18ClN3O3S2. The second kappa shape index (κ2) is 9.20. The van der Waals surface area contributed by atoms with E-state index in [1.165, 1.54) is 41.7 Å². The van der Waals surface area contributed by atoms with Crippen LogP contribution in [0.5, 0.6) is 0 Å². The van der Waals surface area contributed by atoms with Gasteiger partial charge in [0.25, 0.3) is 0 Å². The van der Waals surface area contributed by atoms with Gasteiger partial charge < -0.3 is 9.64 Å². The van der Waals surface area contributed by atoms with Crippen molar-refractivity contribution in [3.63, 3.8) is 0 Å². The third-order valence-electron chi connectivity index (χ3n) is 4.76. The average Bonchev–Trinajstić information content (AvgIpc) is 3.23. The van der Waals surface area contributed by atoms with Crippen molar-refractivity contribution in [2.24, 2.45) is 0 Å². The monoisotopic (exact) mass is 471 g/mol. The number of ether oxygens (including phenoxy) is 1. The maximum absolute atomic E-state index is 13.1. The maximum Gasteiger partial charge on any atom is 0.216 e. The minimum absolute atomic E-state index is 0.0175. The van der Waals surface area contributed by atoms with E-state index in [1.54, 1.807) is 0 Å². The Bertz CT molecular complexity index is 1240. The molecule has 2 heterocycles. The molecule has 4 rings (SSSR count). The third-order valence-corrected chi connectivity index (χ3v) is 7.75. The van der Waals surface area contributed by atoms with Gasteiger partial charge in [0.15, 0.2) is 10.0 Å². The first-order valence-electron chi connectivity index (χ1n) is 9.50. The van der Waals surface area contributed by atoms with Gasteiger partial charge in [-0.05, 0) is 30.3 Å². The fraction of sp³-hybridized carbons (Fsp3) is 0.182. The summed E-state index contributed by atoms with van der Waals surface area (Å²) in [4.78, 5) is 7.18. The Morgan fingerprint density at radius 2 is 1.81 bits per heavy atom. The molecule has 31 heavy (non-hydrogen) atoms. The number of sulfone groups is 1. The topological polar surface area (TPSA) is 83.3 Å². The lowest BCUT2D eigenvalue weighted by molar-refractivity contribution is 0.122. The predicted octanol–water partition coefficient (Wildman–Crippen LogP) is 4.64. The standard InChI is InChI=1S/C22H18ClN3O3S2/c23-17-6-8-18(9-7-17)31(27,28)19(15-24)14-20-21(16-4-2-1-3-5-16)25-22(30-20)26-10-12-29-13-11-26/h1-9,14H,10-13H2/b19-14-. The number of rotatable bonds is 5. The van der Waals surface area contributed by atoms with Crippen molar-refractivity contribution < 1.29 is 13.2 Å². The van der Waals surface area contributed by atoms with E-state index in [9.17, 15) is 13.7 Å². The van der Waals surface area contributed by atoms with Crippen LogP contribution in [0.25, 0.3) is 17.3 Å². The Hall–Kier alpha value is -2.70. The molecule has 1 aliphatic rings. The average molecular weight is 472 g/mol. The summed E-state index contributed by atoms with van der Waals surface area (Å²) < 4.78 is 31.5. The number of hydrogen-bond acceptors (Lipinski definition) is 7. The number of morpholine rings is 1. The van der Waals surface area contributed by atoms with E-state index in [-0.39, 0.29) is 9.80 Å². The first-order valence-corrected chi connectivity index (χ1v) is 12.2. The molecule has 0 bridgehead atoms. The van der Waals surface area contributed by atoms with Crippen molar-refractivity contribution in [3.8, 4) is 17.3 Å². The molecule has 0 spiro atoms. The Morgan fingerprint density at radius 3 is 2.45 bits per heavy atom. The number of halogens is 1. The fourth-order valence-electron chi connectivity index (χ4n) is 3.14. The number of anilines is 1. The number of benzene rings is 2.